The lowest BCUT2D eigenvalue weighted by atomic mass is 9.90. The van der Waals surface area contributed by atoms with Gasteiger partial charge >= 0.3 is 0 Å². The van der Waals surface area contributed by atoms with Crippen LogP contribution in [0.3, 0.4) is 0 Å². The zero-order valence-corrected chi connectivity index (χ0v) is 20.6. The third-order valence-electron chi connectivity index (χ3n) is 6.23. The monoisotopic (exact) mass is 508 g/mol. The van der Waals surface area contributed by atoms with E-state index in [1.807, 2.05) is 49.4 Å². The maximum atomic E-state index is 12.9. The molecule has 0 radical (unpaired) electrons. The minimum atomic E-state index is -3.55. The summed E-state index contributed by atoms with van der Waals surface area (Å²) in [5.74, 6) is -0.227. The van der Waals surface area contributed by atoms with Crippen LogP contribution in [0.5, 0.6) is 0 Å². The van der Waals surface area contributed by atoms with Gasteiger partial charge in [-0.3, -0.25) is 14.5 Å². The first-order valence-corrected chi connectivity index (χ1v) is 13.3. The number of benzene rings is 3. The van der Waals surface area contributed by atoms with Gasteiger partial charge in [0, 0.05) is 34.4 Å². The summed E-state index contributed by atoms with van der Waals surface area (Å²) in [5.41, 5.74) is 6.99. The van der Waals surface area contributed by atoms with Crippen molar-refractivity contribution in [1.82, 2.24) is 15.8 Å². The van der Waals surface area contributed by atoms with Gasteiger partial charge in [0.05, 0.1) is 5.75 Å². The summed E-state index contributed by atoms with van der Waals surface area (Å²) < 4.78 is 27.7. The van der Waals surface area contributed by atoms with Gasteiger partial charge < -0.3 is 5.32 Å². The molecule has 0 aromatic heterocycles. The summed E-state index contributed by atoms with van der Waals surface area (Å²) in [6.07, 6.45) is 1.28. The first-order chi connectivity index (χ1) is 16.8. The molecule has 0 saturated carbocycles. The Morgan fingerprint density at radius 2 is 1.66 bits per heavy atom. The number of hydrogen-bond donors (Lipinski definition) is 3. The van der Waals surface area contributed by atoms with Crippen LogP contribution in [0, 0.1) is 0 Å². The van der Waals surface area contributed by atoms with Gasteiger partial charge in [-0.15, -0.1) is 0 Å². The third-order valence-corrected chi connectivity index (χ3v) is 7.74. The van der Waals surface area contributed by atoms with Gasteiger partial charge in [-0.2, -0.15) is 0 Å². The number of fused-ring (bicyclic) bond motifs is 1. The quantitative estimate of drug-likeness (QED) is 0.467. The molecule has 1 amide bonds. The molecule has 0 spiro atoms. The number of halogens is 1. The lowest BCUT2D eigenvalue weighted by Gasteiger charge is -2.33. The van der Waals surface area contributed by atoms with Crippen molar-refractivity contribution in [3.63, 3.8) is 0 Å². The Balaban J connectivity index is 1.33. The Morgan fingerprint density at radius 1 is 0.971 bits per heavy atom. The standard InChI is InChI=1S/C26H25ClN4O3S/c1-17-25(20-7-11-21(27)12-8-20)26-28-23(15-24(32)31(26)29-17)19-9-13-22(14-10-19)30-35(33,34)16-18-5-3-2-4-6-18/h2-15,17,25-26,28-30H,16H2,1H3. The van der Waals surface area contributed by atoms with Gasteiger partial charge in [0.1, 0.15) is 6.17 Å². The molecule has 3 atom stereocenters. The first kappa shape index (κ1) is 23.4. The molecule has 2 heterocycles. The van der Waals surface area contributed by atoms with Crippen molar-refractivity contribution in [3.05, 3.63) is 107 Å². The average Bonchev–Trinajstić information content (AvgIpc) is 3.16. The van der Waals surface area contributed by atoms with E-state index in [1.165, 1.54) is 0 Å². The smallest absolute Gasteiger partial charge is 0.264 e. The Morgan fingerprint density at radius 3 is 2.34 bits per heavy atom. The highest BCUT2D eigenvalue weighted by Gasteiger charge is 2.44. The molecule has 9 heteroatoms. The largest absolute Gasteiger partial charge is 0.363 e. The summed E-state index contributed by atoms with van der Waals surface area (Å²) in [5, 5.41) is 5.78. The van der Waals surface area contributed by atoms with Crippen molar-refractivity contribution in [2.45, 2.75) is 30.8 Å². The molecular weight excluding hydrogens is 484 g/mol. The van der Waals surface area contributed by atoms with Gasteiger partial charge in [0.25, 0.3) is 5.91 Å². The van der Waals surface area contributed by atoms with E-state index in [0.717, 1.165) is 11.1 Å². The molecule has 0 bridgehead atoms. The molecular formula is C26H25ClN4O3S. The van der Waals surface area contributed by atoms with E-state index in [-0.39, 0.29) is 29.8 Å². The molecule has 3 unspecified atom stereocenters. The topological polar surface area (TPSA) is 90.5 Å². The first-order valence-electron chi connectivity index (χ1n) is 11.3. The summed E-state index contributed by atoms with van der Waals surface area (Å²) in [4.78, 5) is 12.9. The van der Waals surface area contributed by atoms with Gasteiger partial charge in [-0.05, 0) is 47.9 Å². The summed E-state index contributed by atoms with van der Waals surface area (Å²) in [6.45, 7) is 2.04. The number of nitrogens with zero attached hydrogens (tertiary/aromatic N) is 1. The van der Waals surface area contributed by atoms with Crippen LogP contribution in [0.2, 0.25) is 5.02 Å². The van der Waals surface area contributed by atoms with Crippen LogP contribution in [0.1, 0.15) is 29.5 Å². The zero-order chi connectivity index (χ0) is 24.6. The van der Waals surface area contributed by atoms with E-state index in [9.17, 15) is 13.2 Å². The van der Waals surface area contributed by atoms with Crippen LogP contribution < -0.4 is 15.5 Å². The highest BCUT2D eigenvalue weighted by Crippen LogP contribution is 2.35. The second kappa shape index (κ2) is 9.37. The normalized spacial score (nSPS) is 21.8. The van der Waals surface area contributed by atoms with Crippen LogP contribution in [0.25, 0.3) is 5.70 Å². The number of sulfonamides is 1. The van der Waals surface area contributed by atoms with Crippen molar-refractivity contribution < 1.29 is 13.2 Å². The zero-order valence-electron chi connectivity index (χ0n) is 19.0. The molecule has 0 aliphatic carbocycles. The minimum absolute atomic E-state index is 0.0176. The maximum absolute atomic E-state index is 12.9. The van der Waals surface area contributed by atoms with Crippen molar-refractivity contribution in [3.8, 4) is 0 Å². The Bertz CT molecular complexity index is 1360. The Kier molecular flexibility index (Phi) is 6.27. The summed E-state index contributed by atoms with van der Waals surface area (Å²) >= 11 is 6.06. The number of amides is 1. The molecule has 35 heavy (non-hydrogen) atoms. The third kappa shape index (κ3) is 5.05. The number of nitrogens with one attached hydrogen (secondary N) is 3. The predicted octanol–water partition coefficient (Wildman–Crippen LogP) is 4.07. The number of carbonyl (C=O) groups excluding carboxylic acids is 1. The van der Waals surface area contributed by atoms with Crippen LogP contribution >= 0.6 is 11.6 Å². The fraction of sp³-hybridized carbons (Fsp3) is 0.192. The van der Waals surface area contributed by atoms with E-state index >= 15 is 0 Å². The lowest BCUT2D eigenvalue weighted by Crippen LogP contribution is -2.52. The molecule has 3 aromatic rings. The number of hydrogen-bond acceptors (Lipinski definition) is 5. The second-order valence-electron chi connectivity index (χ2n) is 8.77. The summed E-state index contributed by atoms with van der Waals surface area (Å²) in [6, 6.07) is 23.7. The molecule has 1 fully saturated rings. The second-order valence-corrected chi connectivity index (χ2v) is 10.9. The molecule has 5 rings (SSSR count). The molecule has 180 valence electrons. The van der Waals surface area contributed by atoms with Crippen LogP contribution in [-0.2, 0) is 20.6 Å². The van der Waals surface area contributed by atoms with Crippen LogP contribution in [0.15, 0.2) is 84.9 Å². The van der Waals surface area contributed by atoms with E-state index < -0.39 is 10.0 Å². The maximum Gasteiger partial charge on any atom is 0.264 e. The van der Waals surface area contributed by atoms with Crippen LogP contribution in [0.4, 0.5) is 5.69 Å². The minimum Gasteiger partial charge on any atom is -0.363 e. The fourth-order valence-corrected chi connectivity index (χ4v) is 5.94. The molecule has 3 aromatic carbocycles. The van der Waals surface area contributed by atoms with Crippen molar-refractivity contribution in [2.75, 3.05) is 4.72 Å². The molecule has 2 aliphatic heterocycles. The van der Waals surface area contributed by atoms with E-state index in [1.54, 1.807) is 47.5 Å². The van der Waals surface area contributed by atoms with Crippen molar-refractivity contribution in [1.29, 1.82) is 0 Å². The highest BCUT2D eigenvalue weighted by atomic mass is 35.5. The van der Waals surface area contributed by atoms with Crippen molar-refractivity contribution >= 4 is 38.9 Å². The van der Waals surface area contributed by atoms with Gasteiger partial charge in [-0.1, -0.05) is 66.2 Å². The molecule has 1 saturated heterocycles. The van der Waals surface area contributed by atoms with Crippen LogP contribution in [-0.4, -0.2) is 31.5 Å². The Hall–Kier alpha value is -3.33. The molecule has 2 aliphatic rings. The fourth-order valence-electron chi connectivity index (χ4n) is 4.61. The van der Waals surface area contributed by atoms with E-state index in [2.05, 4.69) is 15.5 Å². The van der Waals surface area contributed by atoms with Gasteiger partial charge in [0.2, 0.25) is 10.0 Å². The SMILES string of the molecule is CC1NN2C(=O)C=C(c3ccc(NS(=O)(=O)Cc4ccccc4)cc3)NC2C1c1ccc(Cl)cc1. The van der Waals surface area contributed by atoms with E-state index in [4.69, 9.17) is 11.6 Å². The number of hydrazine groups is 1. The van der Waals surface area contributed by atoms with Gasteiger partial charge in [0.15, 0.2) is 0 Å². The Labute approximate surface area is 209 Å². The van der Waals surface area contributed by atoms with E-state index in [0.29, 0.717) is 22.0 Å². The van der Waals surface area contributed by atoms with Gasteiger partial charge in [-0.25, -0.2) is 13.8 Å². The van der Waals surface area contributed by atoms with Crippen molar-refractivity contribution in [2.24, 2.45) is 0 Å². The number of rotatable bonds is 6. The lowest BCUT2D eigenvalue weighted by molar-refractivity contribution is -0.130. The molecule has 7 nitrogen and oxygen atoms in total. The average molecular weight is 509 g/mol. The number of carbonyl (C=O) groups is 1. The molecule has 3 N–H and O–H groups in total. The highest BCUT2D eigenvalue weighted by molar-refractivity contribution is 7.91. The predicted molar refractivity (Wildman–Crippen MR) is 138 cm³/mol. The summed E-state index contributed by atoms with van der Waals surface area (Å²) in [7, 11) is -3.55. The number of anilines is 1.